The van der Waals surface area contributed by atoms with Gasteiger partial charge in [0.25, 0.3) is 8.32 Å². The van der Waals surface area contributed by atoms with Gasteiger partial charge in [-0.1, -0.05) is 147 Å². The molecule has 1 aliphatic rings. The predicted octanol–water partition coefficient (Wildman–Crippen LogP) is 5.61. The van der Waals surface area contributed by atoms with E-state index in [0.29, 0.717) is 0 Å². The molecule has 51 heavy (non-hydrogen) atoms. The van der Waals surface area contributed by atoms with Gasteiger partial charge >= 0.3 is 12.1 Å². The number of amides is 1. The summed E-state index contributed by atoms with van der Waals surface area (Å²) in [5.74, 6) is -0.990. The Morgan fingerprint density at radius 2 is 1.41 bits per heavy atom. The molecule has 0 spiro atoms. The Bertz CT molecular complexity index is 1530. The molecule has 276 valence electrons. The molecule has 1 amide bonds. The maximum atomic E-state index is 13.3. The third-order valence-electron chi connectivity index (χ3n) is 8.38. The molecule has 2 N–H and O–H groups in total. The molecular formula is C37H44Cl3NO9Si. The molecule has 0 unspecified atom stereocenters. The Labute approximate surface area is 314 Å². The van der Waals surface area contributed by atoms with E-state index in [-0.39, 0.29) is 31.8 Å². The van der Waals surface area contributed by atoms with Gasteiger partial charge < -0.3 is 38.6 Å². The van der Waals surface area contributed by atoms with Crippen molar-refractivity contribution in [1.29, 1.82) is 0 Å². The number of esters is 1. The largest absolute Gasteiger partial charge is 0.457 e. The number of hydrogen-bond donors (Lipinski definition) is 2. The van der Waals surface area contributed by atoms with Gasteiger partial charge in [0, 0.05) is 6.42 Å². The fourth-order valence-corrected chi connectivity index (χ4v) is 10.7. The summed E-state index contributed by atoms with van der Waals surface area (Å²) in [7, 11) is -3.40. The van der Waals surface area contributed by atoms with Crippen LogP contribution >= 0.6 is 34.8 Å². The molecule has 4 rings (SSSR count). The Balaban J connectivity index is 1.81. The molecule has 14 heteroatoms. The van der Waals surface area contributed by atoms with Gasteiger partial charge in [0.1, 0.15) is 30.6 Å². The lowest BCUT2D eigenvalue weighted by Crippen LogP contribution is -2.73. The molecule has 1 aliphatic heterocycles. The monoisotopic (exact) mass is 779 g/mol. The first-order chi connectivity index (χ1) is 24.1. The van der Waals surface area contributed by atoms with Crippen LogP contribution in [0.2, 0.25) is 5.04 Å². The van der Waals surface area contributed by atoms with Crippen molar-refractivity contribution < 1.29 is 42.9 Å². The highest BCUT2D eigenvalue weighted by molar-refractivity contribution is 6.99. The van der Waals surface area contributed by atoms with Crippen LogP contribution in [0.3, 0.4) is 0 Å². The number of hydrogen-bond acceptors (Lipinski definition) is 9. The molecule has 3 aromatic rings. The third-order valence-corrected chi connectivity index (χ3v) is 13.7. The molecule has 0 radical (unpaired) electrons. The zero-order valence-corrected chi connectivity index (χ0v) is 32.2. The van der Waals surface area contributed by atoms with Crippen LogP contribution in [0.5, 0.6) is 0 Å². The quantitative estimate of drug-likeness (QED) is 0.122. The molecule has 1 heterocycles. The summed E-state index contributed by atoms with van der Waals surface area (Å²) in [4.78, 5) is 38.1. The lowest BCUT2D eigenvalue weighted by atomic mass is 9.96. The summed E-state index contributed by atoms with van der Waals surface area (Å²) < 4.78 is 29.0. The second-order valence-electron chi connectivity index (χ2n) is 13.3. The minimum Gasteiger partial charge on any atom is -0.457 e. The number of Topliss-reactive ketones (excluding diaryl/α,β-unsaturated/α-hetero) is 1. The number of ketones is 1. The summed E-state index contributed by atoms with van der Waals surface area (Å²) in [5.41, 5.74) is 0.895. The first-order valence-corrected chi connectivity index (χ1v) is 19.6. The van der Waals surface area contributed by atoms with Crippen molar-refractivity contribution in [2.24, 2.45) is 0 Å². The summed E-state index contributed by atoms with van der Waals surface area (Å²) >= 11 is 17.5. The maximum Gasteiger partial charge on any atom is 0.407 e. The Morgan fingerprint density at radius 3 is 1.92 bits per heavy atom. The van der Waals surface area contributed by atoms with Gasteiger partial charge in [-0.15, -0.1) is 0 Å². The first kappa shape index (κ1) is 40.8. The van der Waals surface area contributed by atoms with E-state index in [4.69, 9.17) is 58.2 Å². The second kappa shape index (κ2) is 18.2. The lowest BCUT2D eigenvalue weighted by Gasteiger charge is -2.50. The van der Waals surface area contributed by atoms with Gasteiger partial charge in [-0.2, -0.15) is 0 Å². The Hall–Kier alpha value is -3.00. The van der Waals surface area contributed by atoms with Gasteiger partial charge in [0.05, 0.1) is 19.6 Å². The number of alkyl carbamates (subject to hydrolysis) is 1. The highest BCUT2D eigenvalue weighted by Crippen LogP contribution is 2.40. The van der Waals surface area contributed by atoms with Crippen LogP contribution in [0.1, 0.15) is 46.1 Å². The summed E-state index contributed by atoms with van der Waals surface area (Å²) in [6.45, 7) is 7.04. The summed E-state index contributed by atoms with van der Waals surface area (Å²) in [6.07, 6.45) is -6.74. The molecule has 0 aromatic heterocycles. The van der Waals surface area contributed by atoms with Crippen molar-refractivity contribution in [3.05, 3.63) is 96.6 Å². The number of aliphatic hydroxyl groups is 1. The van der Waals surface area contributed by atoms with Crippen LogP contribution in [0.4, 0.5) is 4.79 Å². The summed E-state index contributed by atoms with van der Waals surface area (Å²) in [6, 6.07) is 27.6. The van der Waals surface area contributed by atoms with E-state index >= 15 is 0 Å². The van der Waals surface area contributed by atoms with Gasteiger partial charge in [-0.05, 0) is 27.9 Å². The van der Waals surface area contributed by atoms with Crippen molar-refractivity contribution in [2.75, 3.05) is 13.2 Å². The minimum atomic E-state index is -3.40. The number of carbonyl (C=O) groups excluding carboxylic acids is 3. The fraction of sp³-hybridized carbons (Fsp3) is 0.432. The minimum absolute atomic E-state index is 0.0762. The van der Waals surface area contributed by atoms with E-state index in [0.717, 1.165) is 15.9 Å². The molecule has 0 bridgehead atoms. The third kappa shape index (κ3) is 11.2. The molecule has 0 saturated carbocycles. The van der Waals surface area contributed by atoms with Crippen LogP contribution in [0.25, 0.3) is 0 Å². The van der Waals surface area contributed by atoms with E-state index in [1.165, 1.54) is 6.92 Å². The van der Waals surface area contributed by atoms with E-state index in [2.05, 4.69) is 26.1 Å². The maximum absolute atomic E-state index is 13.3. The standard InChI is InChI=1S/C37H44Cl3NO9Si/c1-25(42)20-21-30(43)49-33-31(41-35(45)47-24-37(38,39)40)34(48-29(32(33)44)23-46-22-26-14-8-5-9-15-26)50-51(36(2,3)4,27-16-10-6-11-17-27)28-18-12-7-13-19-28/h5-19,29,31-34,44H,20-24H2,1-4H3,(H,41,45)/t29-,31-,32-,33-,34+/m1/s1. The number of halogens is 3. The number of rotatable bonds is 14. The molecule has 1 saturated heterocycles. The highest BCUT2D eigenvalue weighted by Gasteiger charge is 2.57. The molecule has 10 nitrogen and oxygen atoms in total. The van der Waals surface area contributed by atoms with Crippen LogP contribution in [-0.2, 0) is 39.6 Å². The normalized spacial score (nSPS) is 21.1. The van der Waals surface area contributed by atoms with Crippen LogP contribution in [-0.4, -0.2) is 78.9 Å². The lowest BCUT2D eigenvalue weighted by molar-refractivity contribution is -0.255. The fourth-order valence-electron chi connectivity index (χ4n) is 6.00. The van der Waals surface area contributed by atoms with E-state index in [1.807, 2.05) is 91.0 Å². The number of alkyl halides is 3. The zero-order valence-electron chi connectivity index (χ0n) is 28.9. The van der Waals surface area contributed by atoms with Crippen molar-refractivity contribution >= 4 is 71.3 Å². The Morgan fingerprint density at radius 1 is 0.863 bits per heavy atom. The Kier molecular flexibility index (Phi) is 14.5. The SMILES string of the molecule is CC(=O)CCC(=O)O[C@H]1[C@H](O)[C@@H](COCc2ccccc2)O[C@@H](O[Si](c2ccccc2)(c2ccccc2)C(C)(C)C)[C@@H]1NC(=O)OCC(Cl)(Cl)Cl. The van der Waals surface area contributed by atoms with Crippen molar-refractivity contribution in [2.45, 2.75) is 86.6 Å². The van der Waals surface area contributed by atoms with Gasteiger partial charge in [0.2, 0.25) is 3.79 Å². The van der Waals surface area contributed by atoms with Crippen molar-refractivity contribution in [1.82, 2.24) is 5.32 Å². The molecular weight excluding hydrogens is 737 g/mol. The zero-order chi connectivity index (χ0) is 37.2. The van der Waals surface area contributed by atoms with Crippen molar-refractivity contribution in [3.8, 4) is 0 Å². The van der Waals surface area contributed by atoms with Gasteiger partial charge in [-0.25, -0.2) is 4.79 Å². The van der Waals surface area contributed by atoms with E-state index < -0.39 is 66.5 Å². The van der Waals surface area contributed by atoms with Crippen LogP contribution in [0.15, 0.2) is 91.0 Å². The average Bonchev–Trinajstić information content (AvgIpc) is 3.08. The number of ether oxygens (including phenoxy) is 4. The number of nitrogens with one attached hydrogen (secondary N) is 1. The highest BCUT2D eigenvalue weighted by atomic mass is 35.6. The second-order valence-corrected chi connectivity index (χ2v) is 20.1. The first-order valence-electron chi connectivity index (χ1n) is 16.5. The van der Waals surface area contributed by atoms with Gasteiger partial charge in [0.15, 0.2) is 12.4 Å². The van der Waals surface area contributed by atoms with Crippen LogP contribution < -0.4 is 15.7 Å². The van der Waals surface area contributed by atoms with E-state index in [9.17, 15) is 19.5 Å². The number of carbonyl (C=O) groups is 3. The molecule has 1 fully saturated rings. The molecule has 5 atom stereocenters. The van der Waals surface area contributed by atoms with Crippen LogP contribution in [0, 0.1) is 0 Å². The van der Waals surface area contributed by atoms with Crippen molar-refractivity contribution in [3.63, 3.8) is 0 Å². The molecule has 3 aromatic carbocycles. The van der Waals surface area contributed by atoms with Gasteiger partial charge in [-0.3, -0.25) is 4.79 Å². The topological polar surface area (TPSA) is 130 Å². The predicted molar refractivity (Wildman–Crippen MR) is 198 cm³/mol. The molecule has 0 aliphatic carbocycles. The number of benzene rings is 3. The number of aliphatic hydroxyl groups excluding tert-OH is 1. The van der Waals surface area contributed by atoms with E-state index in [1.54, 1.807) is 0 Å². The smallest absolute Gasteiger partial charge is 0.407 e. The summed E-state index contributed by atoms with van der Waals surface area (Å²) in [5, 5.41) is 15.7. The average molecular weight is 781 g/mol.